The summed E-state index contributed by atoms with van der Waals surface area (Å²) in [6, 6.07) is 6.94. The van der Waals surface area contributed by atoms with E-state index in [-0.39, 0.29) is 29.0 Å². The highest BCUT2D eigenvalue weighted by Crippen LogP contribution is 2.35. The lowest BCUT2D eigenvalue weighted by Gasteiger charge is -2.33. The molecule has 1 aliphatic heterocycles. The van der Waals surface area contributed by atoms with Crippen LogP contribution in [0.25, 0.3) is 0 Å². The molecule has 3 rings (SSSR count). The molecule has 0 bridgehead atoms. The highest BCUT2D eigenvalue weighted by Gasteiger charge is 2.39. The van der Waals surface area contributed by atoms with Gasteiger partial charge in [-0.15, -0.1) is 0 Å². The number of anilines is 1. The molecule has 2 aromatic rings. The Bertz CT molecular complexity index is 1250. The number of pyridine rings is 1. The summed E-state index contributed by atoms with van der Waals surface area (Å²) in [7, 11) is 1.51. The van der Waals surface area contributed by atoms with Crippen molar-refractivity contribution >= 4 is 41.0 Å². The Kier molecular flexibility index (Phi) is 8.42. The summed E-state index contributed by atoms with van der Waals surface area (Å²) in [6.07, 6.45) is -8.88. The van der Waals surface area contributed by atoms with Gasteiger partial charge in [0.25, 0.3) is 5.91 Å². The van der Waals surface area contributed by atoms with E-state index < -0.39 is 41.0 Å². The van der Waals surface area contributed by atoms with Crippen LogP contribution in [0.4, 0.5) is 32.0 Å². The third-order valence-electron chi connectivity index (χ3n) is 4.93. The predicted octanol–water partition coefficient (Wildman–Crippen LogP) is 4.03. The molecule has 1 aliphatic rings. The van der Waals surface area contributed by atoms with Gasteiger partial charge >= 0.3 is 18.3 Å². The van der Waals surface area contributed by atoms with Crippen LogP contribution >= 0.6 is 11.6 Å². The van der Waals surface area contributed by atoms with Crippen molar-refractivity contribution in [3.8, 4) is 0 Å². The smallest absolute Gasteiger partial charge is 0.475 e. The summed E-state index contributed by atoms with van der Waals surface area (Å²) in [6.45, 7) is 1.70. The maximum absolute atomic E-state index is 13.2. The number of halogens is 7. The molecular weight excluding hydrogens is 536 g/mol. The highest BCUT2D eigenvalue weighted by molar-refractivity contribution is 6.30. The molecule has 4 N–H and O–H groups in total. The quantitative estimate of drug-likeness (QED) is 0.491. The number of nitrogens with two attached hydrogens (primary N) is 1. The average Bonchev–Trinajstić information content (AvgIpc) is 2.76. The molecule has 1 aromatic carbocycles. The zero-order valence-electron chi connectivity index (χ0n) is 18.9. The Labute approximate surface area is 209 Å². The Hall–Kier alpha value is -3.88. The number of aliphatic carboxylic acids is 1. The zero-order valence-corrected chi connectivity index (χ0v) is 19.7. The number of hydrogen-bond donors (Lipinski definition) is 3. The van der Waals surface area contributed by atoms with Gasteiger partial charge in [0.1, 0.15) is 5.69 Å². The van der Waals surface area contributed by atoms with Crippen molar-refractivity contribution in [3.05, 3.63) is 58.4 Å². The van der Waals surface area contributed by atoms with Gasteiger partial charge in [-0.1, -0.05) is 23.7 Å². The number of amides is 2. The molecule has 2 heterocycles. The lowest BCUT2D eigenvalue weighted by molar-refractivity contribution is -0.192. The number of guanidine groups is 1. The summed E-state index contributed by atoms with van der Waals surface area (Å²) in [5, 5.41) is 9.28. The minimum atomic E-state index is -5.08. The number of hydrogen-bond acceptors (Lipinski definition) is 6. The van der Waals surface area contributed by atoms with Gasteiger partial charge in [-0.3, -0.25) is 14.5 Å². The van der Waals surface area contributed by atoms with Gasteiger partial charge in [-0.2, -0.15) is 26.3 Å². The zero-order chi connectivity index (χ0) is 28.3. The number of carbonyl (C=O) groups is 3. The molecule has 0 saturated carbocycles. The predicted molar refractivity (Wildman–Crippen MR) is 119 cm³/mol. The molecule has 16 heteroatoms. The van der Waals surface area contributed by atoms with Crippen molar-refractivity contribution in [1.82, 2.24) is 9.88 Å². The van der Waals surface area contributed by atoms with Crippen molar-refractivity contribution in [3.63, 3.8) is 0 Å². The fourth-order valence-corrected chi connectivity index (χ4v) is 3.19. The first-order valence-corrected chi connectivity index (χ1v) is 10.3. The number of nitrogens with one attached hydrogen (secondary N) is 1. The van der Waals surface area contributed by atoms with Crippen LogP contribution in [-0.4, -0.2) is 52.0 Å². The van der Waals surface area contributed by atoms with Crippen LogP contribution in [0, 0.1) is 0 Å². The van der Waals surface area contributed by atoms with Crippen molar-refractivity contribution in [1.29, 1.82) is 0 Å². The lowest BCUT2D eigenvalue weighted by Crippen LogP contribution is -2.47. The second-order valence-electron chi connectivity index (χ2n) is 7.76. The maximum atomic E-state index is 13.2. The van der Waals surface area contributed by atoms with E-state index in [0.717, 1.165) is 6.20 Å². The molecule has 37 heavy (non-hydrogen) atoms. The lowest BCUT2D eigenvalue weighted by atomic mass is 9.87. The number of rotatable bonds is 3. The van der Waals surface area contributed by atoms with Crippen molar-refractivity contribution in [2.45, 2.75) is 31.2 Å². The first-order chi connectivity index (χ1) is 16.8. The fraction of sp³-hybridized carbons (Fsp3) is 0.286. The van der Waals surface area contributed by atoms with Crippen LogP contribution < -0.4 is 11.1 Å². The Morgan fingerprint density at radius 3 is 2.30 bits per heavy atom. The first-order valence-electron chi connectivity index (χ1n) is 9.92. The average molecular weight is 554 g/mol. The van der Waals surface area contributed by atoms with Gasteiger partial charge in [-0.25, -0.2) is 14.8 Å². The Morgan fingerprint density at radius 2 is 1.78 bits per heavy atom. The number of nitrogens with zero attached hydrogens (tertiary/aromatic N) is 3. The van der Waals surface area contributed by atoms with Gasteiger partial charge in [0.05, 0.1) is 22.5 Å². The van der Waals surface area contributed by atoms with E-state index in [0.29, 0.717) is 11.6 Å². The third kappa shape index (κ3) is 7.31. The van der Waals surface area contributed by atoms with Gasteiger partial charge < -0.3 is 16.2 Å². The minimum Gasteiger partial charge on any atom is -0.475 e. The van der Waals surface area contributed by atoms with Crippen molar-refractivity contribution in [2.75, 3.05) is 12.4 Å². The fourth-order valence-electron chi connectivity index (χ4n) is 3.03. The molecule has 0 unspecified atom stereocenters. The van der Waals surface area contributed by atoms with Gasteiger partial charge in [0.15, 0.2) is 5.96 Å². The molecule has 0 saturated heterocycles. The number of carboxylic acid groups (broad SMARTS) is 1. The number of aliphatic imine (C=N–C) groups is 1. The van der Waals surface area contributed by atoms with E-state index in [2.05, 4.69) is 15.3 Å². The molecule has 0 spiro atoms. The molecule has 0 fully saturated rings. The number of benzene rings is 1. The topological polar surface area (TPSA) is 138 Å². The molecule has 200 valence electrons. The van der Waals surface area contributed by atoms with E-state index in [1.807, 2.05) is 0 Å². The van der Waals surface area contributed by atoms with Crippen molar-refractivity contribution in [2.24, 2.45) is 10.7 Å². The van der Waals surface area contributed by atoms with E-state index in [1.165, 1.54) is 24.1 Å². The van der Waals surface area contributed by atoms with Crippen LogP contribution in [0.15, 0.2) is 41.5 Å². The van der Waals surface area contributed by atoms with E-state index in [9.17, 15) is 35.9 Å². The monoisotopic (exact) mass is 553 g/mol. The SMILES string of the molecule is CN1C(=O)C[C@@](C)(c2cccc(NC(=O)c3ncc(Cl)cc3C(F)(F)F)c2)N=C1N.O=C(O)C(F)(F)F. The Morgan fingerprint density at radius 1 is 1.19 bits per heavy atom. The minimum absolute atomic E-state index is 0.0402. The van der Waals surface area contributed by atoms with Gasteiger partial charge in [0, 0.05) is 18.9 Å². The van der Waals surface area contributed by atoms with E-state index in [1.54, 1.807) is 19.1 Å². The maximum Gasteiger partial charge on any atom is 0.490 e. The van der Waals surface area contributed by atoms with Crippen LogP contribution in [0.5, 0.6) is 0 Å². The molecule has 0 radical (unpaired) electrons. The standard InChI is InChI=1S/C19H17ClF3N5O2.C2HF3O2/c1-18(8-14(29)28(2)17(24)27-18)10-4-3-5-12(6-10)26-16(30)15-13(19(21,22)23)7-11(20)9-25-15;3-2(4,5)1(6)7/h3-7,9H,8H2,1-2H3,(H2,24,27)(H,26,30);(H,6,7)/t18-;/m0./s1. The highest BCUT2D eigenvalue weighted by atomic mass is 35.5. The largest absolute Gasteiger partial charge is 0.490 e. The van der Waals surface area contributed by atoms with Crippen LogP contribution in [-0.2, 0) is 21.3 Å². The normalized spacial score (nSPS) is 17.9. The number of alkyl halides is 6. The molecule has 9 nitrogen and oxygen atoms in total. The second kappa shape index (κ2) is 10.6. The van der Waals surface area contributed by atoms with Crippen molar-refractivity contribution < 1.29 is 45.8 Å². The third-order valence-corrected chi connectivity index (χ3v) is 5.14. The van der Waals surface area contributed by atoms with Crippen LogP contribution in [0.2, 0.25) is 5.02 Å². The number of aromatic nitrogens is 1. The number of carbonyl (C=O) groups excluding carboxylic acids is 2. The summed E-state index contributed by atoms with van der Waals surface area (Å²) in [5.74, 6) is -4.00. The van der Waals surface area contributed by atoms with Crippen LogP contribution in [0.1, 0.15) is 35.0 Å². The van der Waals surface area contributed by atoms with E-state index in [4.69, 9.17) is 27.2 Å². The molecule has 0 aliphatic carbocycles. The summed E-state index contributed by atoms with van der Waals surface area (Å²) >= 11 is 5.60. The number of carboxylic acids is 1. The summed E-state index contributed by atoms with van der Waals surface area (Å²) < 4.78 is 71.5. The van der Waals surface area contributed by atoms with Gasteiger partial charge in [-0.05, 0) is 30.7 Å². The molecular formula is C21H18ClF6N5O4. The first kappa shape index (κ1) is 29.4. The summed E-state index contributed by atoms with van der Waals surface area (Å²) in [4.78, 5) is 42.7. The van der Waals surface area contributed by atoms with Gasteiger partial charge in [0.2, 0.25) is 5.91 Å². The molecule has 1 atom stereocenters. The summed E-state index contributed by atoms with van der Waals surface area (Å²) in [5.41, 5.74) is 3.55. The van der Waals surface area contributed by atoms with E-state index >= 15 is 0 Å². The van der Waals surface area contributed by atoms with Crippen LogP contribution in [0.3, 0.4) is 0 Å². The Balaban J connectivity index is 0.000000604. The second-order valence-corrected chi connectivity index (χ2v) is 8.20. The molecule has 2 amide bonds. The molecule has 1 aromatic heterocycles.